The van der Waals surface area contributed by atoms with Crippen molar-refractivity contribution in [2.75, 3.05) is 40.0 Å². The molecule has 1 amide bonds. The minimum Gasteiger partial charge on any atom is -0.458 e. The minimum atomic E-state index is -1.23. The molecular formula is C43H69N7O9. The number of Topliss-reactive ketones (excluding diaryl/α,β-unsaturated/α-hetero) is 1. The summed E-state index contributed by atoms with van der Waals surface area (Å²) in [5, 5.41) is 23.7. The van der Waals surface area contributed by atoms with Crippen molar-refractivity contribution in [2.45, 2.75) is 154 Å². The van der Waals surface area contributed by atoms with Crippen molar-refractivity contribution in [2.24, 2.45) is 17.8 Å². The fourth-order valence-electron chi connectivity index (χ4n) is 9.45. The standard InChI is InChI=1S/C43H69N7O9/c1-12-34-43(8)37(50(41(54)59-43)19-14-13-18-49-24-32(46-47-49)30-16-15-17-31(44)21-30)29(6)45-23-25(2)22-42(7,55-11)38(27(4)35(51)28(5)39(53)57-34)58-40-36(52)33(48(9)10)20-26(3)56-40/h15-17,21,24-29,33-34,36-38,40,45,52H,12-14,18-20,22-23,44H2,1-11H3/t25-,26-,27+,28-,29-,33+,34-,36-,37+,38-,40+,42-,43-/m1/s1. The molecule has 4 N–H and O–H groups in total. The van der Waals surface area contributed by atoms with Crippen LogP contribution in [-0.4, -0.2) is 142 Å². The van der Waals surface area contributed by atoms with Crippen LogP contribution in [0.5, 0.6) is 0 Å². The number of ether oxygens (including phenoxy) is 5. The molecule has 16 heteroatoms. The molecule has 0 aliphatic carbocycles. The molecule has 3 saturated heterocycles. The zero-order chi connectivity index (χ0) is 43.4. The van der Waals surface area contributed by atoms with Crippen LogP contribution < -0.4 is 11.1 Å². The highest BCUT2D eigenvalue weighted by Gasteiger charge is 2.58. The van der Waals surface area contributed by atoms with Gasteiger partial charge in [0.15, 0.2) is 17.7 Å². The third kappa shape index (κ3) is 10.3. The first-order valence-corrected chi connectivity index (χ1v) is 21.3. The summed E-state index contributed by atoms with van der Waals surface area (Å²) in [5.74, 6) is -3.16. The van der Waals surface area contributed by atoms with Crippen LogP contribution >= 0.6 is 0 Å². The van der Waals surface area contributed by atoms with E-state index in [1.54, 1.807) is 23.6 Å². The smallest absolute Gasteiger partial charge is 0.410 e. The fraction of sp³-hybridized carbons (Fsp3) is 0.744. The number of aromatic nitrogens is 3. The largest absolute Gasteiger partial charge is 0.458 e. The predicted molar refractivity (Wildman–Crippen MR) is 222 cm³/mol. The van der Waals surface area contributed by atoms with Crippen LogP contribution in [0.4, 0.5) is 10.5 Å². The number of cyclic esters (lactones) is 1. The Balaban J connectivity index is 1.38. The van der Waals surface area contributed by atoms with Gasteiger partial charge in [0.1, 0.15) is 23.8 Å². The van der Waals surface area contributed by atoms with E-state index in [1.807, 2.05) is 84.1 Å². The maximum absolute atomic E-state index is 14.4. The molecule has 0 spiro atoms. The number of benzene rings is 1. The lowest BCUT2D eigenvalue weighted by molar-refractivity contribution is -0.295. The molecule has 1 aromatic heterocycles. The number of nitrogens with zero attached hydrogens (tertiary/aromatic N) is 5. The van der Waals surface area contributed by atoms with Crippen LogP contribution in [0.3, 0.4) is 0 Å². The van der Waals surface area contributed by atoms with Gasteiger partial charge in [-0.3, -0.25) is 19.2 Å². The molecule has 2 aromatic rings. The SMILES string of the molecule is CC[C@H]1OC(=O)[C@H](C)C(=O)[C@H](C)[C@@H](O[C@@H]2O[C@H](C)C[C@H](N(C)C)[C@H]2O)[C@](C)(OC)C[C@@H](C)CN[C@H](C)[C@@H]2N(CCCCn3cc(-c4cccc(N)c4)nn3)C(=O)O[C@@]21C. The number of aliphatic hydroxyl groups is 1. The van der Waals surface area contributed by atoms with E-state index in [4.69, 9.17) is 29.4 Å². The number of amides is 1. The Labute approximate surface area is 349 Å². The number of hydrogen-bond acceptors (Lipinski definition) is 14. The molecule has 0 bridgehead atoms. The maximum Gasteiger partial charge on any atom is 0.410 e. The number of methoxy groups -OCH3 is 1. The number of rotatable bonds is 11. The second-order valence-corrected chi connectivity index (χ2v) is 17.8. The number of fused-ring (bicyclic) bond motifs is 1. The van der Waals surface area contributed by atoms with Crippen molar-refractivity contribution in [1.29, 1.82) is 0 Å². The summed E-state index contributed by atoms with van der Waals surface area (Å²) in [5.41, 5.74) is 5.95. The van der Waals surface area contributed by atoms with Gasteiger partial charge in [-0.05, 0) is 105 Å². The van der Waals surface area contributed by atoms with Crippen LogP contribution in [0.25, 0.3) is 11.3 Å². The van der Waals surface area contributed by atoms with Gasteiger partial charge in [-0.25, -0.2) is 4.79 Å². The Morgan fingerprint density at radius 2 is 1.80 bits per heavy atom. The highest BCUT2D eigenvalue weighted by Crippen LogP contribution is 2.40. The Kier molecular flexibility index (Phi) is 15.2. The van der Waals surface area contributed by atoms with E-state index in [9.17, 15) is 19.5 Å². The van der Waals surface area contributed by atoms with Crippen LogP contribution in [0, 0.1) is 17.8 Å². The molecule has 5 rings (SSSR count). The van der Waals surface area contributed by atoms with Crippen LogP contribution in [0.2, 0.25) is 0 Å². The third-order valence-corrected chi connectivity index (χ3v) is 12.8. The molecule has 16 nitrogen and oxygen atoms in total. The molecule has 3 fully saturated rings. The van der Waals surface area contributed by atoms with Crippen molar-refractivity contribution < 1.29 is 43.2 Å². The van der Waals surface area contributed by atoms with Gasteiger partial charge in [-0.15, -0.1) is 5.10 Å². The Bertz CT molecular complexity index is 1740. The second kappa shape index (κ2) is 19.4. The molecule has 0 saturated carbocycles. The van der Waals surface area contributed by atoms with Crippen molar-refractivity contribution in [1.82, 2.24) is 30.1 Å². The van der Waals surface area contributed by atoms with E-state index in [1.165, 1.54) is 6.92 Å². The quantitative estimate of drug-likeness (QED) is 0.126. The molecule has 0 radical (unpaired) electrons. The van der Waals surface area contributed by atoms with E-state index < -0.39 is 71.5 Å². The number of aliphatic hydroxyl groups excluding tert-OH is 1. The lowest BCUT2D eigenvalue weighted by atomic mass is 9.78. The van der Waals surface area contributed by atoms with Crippen molar-refractivity contribution in [3.8, 4) is 11.3 Å². The zero-order valence-corrected chi connectivity index (χ0v) is 36.9. The summed E-state index contributed by atoms with van der Waals surface area (Å²) in [6.07, 6.45) is 0.194. The lowest BCUT2D eigenvalue weighted by Gasteiger charge is -2.46. The summed E-state index contributed by atoms with van der Waals surface area (Å²) >= 11 is 0. The first-order valence-electron chi connectivity index (χ1n) is 21.3. The van der Waals surface area contributed by atoms with Crippen LogP contribution in [0.15, 0.2) is 30.5 Å². The average molecular weight is 828 g/mol. The van der Waals surface area contributed by atoms with E-state index in [2.05, 4.69) is 22.6 Å². The van der Waals surface area contributed by atoms with Crippen molar-refractivity contribution >= 4 is 23.5 Å². The van der Waals surface area contributed by atoms with Gasteiger partial charge >= 0.3 is 12.1 Å². The molecule has 0 unspecified atom stereocenters. The highest BCUT2D eigenvalue weighted by molar-refractivity contribution is 6.00. The number of hydrogen-bond donors (Lipinski definition) is 3. The van der Waals surface area contributed by atoms with Crippen molar-refractivity contribution in [3.05, 3.63) is 30.5 Å². The molecule has 3 aliphatic rings. The molecule has 4 heterocycles. The lowest BCUT2D eigenvalue weighted by Crippen LogP contribution is -2.61. The van der Waals surface area contributed by atoms with E-state index >= 15 is 0 Å². The molecule has 59 heavy (non-hydrogen) atoms. The number of ketones is 1. The summed E-state index contributed by atoms with van der Waals surface area (Å²) in [6.45, 7) is 16.4. The number of aryl methyl sites for hydroxylation is 1. The minimum absolute atomic E-state index is 0.0125. The van der Waals surface area contributed by atoms with Crippen molar-refractivity contribution in [3.63, 3.8) is 0 Å². The molecule has 3 aliphatic heterocycles. The monoisotopic (exact) mass is 828 g/mol. The molecule has 1 aromatic carbocycles. The Morgan fingerprint density at radius 1 is 1.08 bits per heavy atom. The number of carbonyl (C=O) groups excluding carboxylic acids is 3. The van der Waals surface area contributed by atoms with Crippen LogP contribution in [-0.2, 0) is 39.8 Å². The number of nitrogens with one attached hydrogen (secondary N) is 1. The number of carbonyl (C=O) groups is 3. The number of nitrogens with two attached hydrogens (primary N) is 1. The summed E-state index contributed by atoms with van der Waals surface area (Å²) in [4.78, 5) is 45.9. The number of anilines is 1. The van der Waals surface area contributed by atoms with Gasteiger partial charge < -0.3 is 44.7 Å². The van der Waals surface area contributed by atoms with Gasteiger partial charge in [0.2, 0.25) is 0 Å². The first-order chi connectivity index (χ1) is 27.8. The van der Waals surface area contributed by atoms with E-state index in [0.717, 1.165) is 11.3 Å². The molecule has 330 valence electrons. The highest BCUT2D eigenvalue weighted by atomic mass is 16.7. The first kappa shape index (κ1) is 46.4. The maximum atomic E-state index is 14.4. The number of unbranched alkanes of at least 4 members (excludes halogenated alkanes) is 1. The summed E-state index contributed by atoms with van der Waals surface area (Å²) in [7, 11) is 5.39. The van der Waals surface area contributed by atoms with Gasteiger partial charge in [0.25, 0.3) is 0 Å². The summed E-state index contributed by atoms with van der Waals surface area (Å²) < 4.78 is 33.3. The van der Waals surface area contributed by atoms with Gasteiger partial charge in [0, 0.05) is 49.5 Å². The van der Waals surface area contributed by atoms with E-state index in [0.29, 0.717) is 57.4 Å². The molecular weight excluding hydrogens is 759 g/mol. The Morgan fingerprint density at radius 3 is 2.46 bits per heavy atom. The fourth-order valence-corrected chi connectivity index (χ4v) is 9.45. The Hall–Kier alpha value is -3.67. The van der Waals surface area contributed by atoms with Crippen LogP contribution in [0.1, 0.15) is 87.5 Å². The number of likely N-dealkylation sites (N-methyl/N-ethyl adjacent to an activating group) is 1. The van der Waals surface area contributed by atoms with E-state index in [-0.39, 0.29) is 24.1 Å². The number of esters is 1. The van der Waals surface area contributed by atoms with Gasteiger partial charge in [-0.2, -0.15) is 0 Å². The van der Waals surface area contributed by atoms with Gasteiger partial charge in [-0.1, -0.05) is 38.1 Å². The average Bonchev–Trinajstić information content (AvgIpc) is 3.77. The number of nitrogen functional groups attached to an aromatic ring is 1. The summed E-state index contributed by atoms with van der Waals surface area (Å²) in [6, 6.07) is 6.46. The third-order valence-electron chi connectivity index (χ3n) is 12.8. The second-order valence-electron chi connectivity index (χ2n) is 17.8. The molecule has 13 atom stereocenters. The zero-order valence-electron chi connectivity index (χ0n) is 36.9. The predicted octanol–water partition coefficient (Wildman–Crippen LogP) is 4.28. The normalized spacial score (nSPS) is 36.5. The topological polar surface area (TPSA) is 193 Å². The van der Waals surface area contributed by atoms with Gasteiger partial charge in [0.05, 0.1) is 30.0 Å².